The lowest BCUT2D eigenvalue weighted by Gasteiger charge is -2.12. The first kappa shape index (κ1) is 16.6. The molecule has 0 aliphatic heterocycles. The highest BCUT2D eigenvalue weighted by Crippen LogP contribution is 2.30. The van der Waals surface area contributed by atoms with Crippen molar-refractivity contribution in [1.29, 1.82) is 0 Å². The first-order chi connectivity index (χ1) is 12.6. The van der Waals surface area contributed by atoms with Crippen LogP contribution in [0.4, 0.5) is 11.6 Å². The Morgan fingerprint density at radius 1 is 1.23 bits per heavy atom. The van der Waals surface area contributed by atoms with Gasteiger partial charge in [0.15, 0.2) is 5.65 Å². The van der Waals surface area contributed by atoms with Gasteiger partial charge < -0.3 is 10.1 Å². The van der Waals surface area contributed by atoms with Crippen LogP contribution in [0.2, 0.25) is 0 Å². The number of nitrogens with zero attached hydrogens (tertiary/aromatic N) is 3. The molecule has 1 saturated carbocycles. The van der Waals surface area contributed by atoms with E-state index >= 15 is 0 Å². The predicted molar refractivity (Wildman–Crippen MR) is 101 cm³/mol. The molecule has 1 aliphatic carbocycles. The summed E-state index contributed by atoms with van der Waals surface area (Å²) < 4.78 is 7.55. The first-order valence-electron chi connectivity index (χ1n) is 9.11. The summed E-state index contributed by atoms with van der Waals surface area (Å²) in [6.45, 7) is 3.98. The van der Waals surface area contributed by atoms with Crippen LogP contribution in [-0.4, -0.2) is 25.9 Å². The summed E-state index contributed by atoms with van der Waals surface area (Å²) >= 11 is 0. The van der Waals surface area contributed by atoms with E-state index in [1.807, 2.05) is 42.8 Å². The zero-order valence-electron chi connectivity index (χ0n) is 15.0. The van der Waals surface area contributed by atoms with Crippen LogP contribution in [0.15, 0.2) is 35.3 Å². The number of hydrogen-bond donors (Lipinski definition) is 2. The second-order valence-electron chi connectivity index (χ2n) is 7.00. The number of rotatable bonds is 5. The first-order valence-corrected chi connectivity index (χ1v) is 9.11. The standard InChI is InChI=1S/C19H23N5O2/c1-12(2)26-15-9-7-13(8-10-15)21-19-22-17-16(18(25)23-19)11-20-24(17)14-5-3-4-6-14/h7-12,14H,3-6H2,1-2H3,(H2,21,22,23,25). The summed E-state index contributed by atoms with van der Waals surface area (Å²) in [4.78, 5) is 19.8. The molecule has 136 valence electrons. The van der Waals surface area contributed by atoms with E-state index in [4.69, 9.17) is 4.74 Å². The van der Waals surface area contributed by atoms with Gasteiger partial charge in [-0.05, 0) is 51.0 Å². The van der Waals surface area contributed by atoms with Gasteiger partial charge in [0.1, 0.15) is 11.1 Å². The van der Waals surface area contributed by atoms with Crippen LogP contribution in [0.5, 0.6) is 5.75 Å². The van der Waals surface area contributed by atoms with Crippen molar-refractivity contribution >= 4 is 22.7 Å². The molecule has 2 aromatic heterocycles. The van der Waals surface area contributed by atoms with Crippen molar-refractivity contribution in [1.82, 2.24) is 19.7 Å². The van der Waals surface area contributed by atoms with Crippen LogP contribution in [0, 0.1) is 0 Å². The third-order valence-electron chi connectivity index (χ3n) is 4.62. The van der Waals surface area contributed by atoms with Crippen LogP contribution in [0.25, 0.3) is 11.0 Å². The summed E-state index contributed by atoms with van der Waals surface area (Å²) in [5, 5.41) is 8.11. The van der Waals surface area contributed by atoms with Gasteiger partial charge in [-0.3, -0.25) is 9.78 Å². The molecule has 0 spiro atoms. The van der Waals surface area contributed by atoms with E-state index in [-0.39, 0.29) is 11.7 Å². The Labute approximate surface area is 151 Å². The molecule has 2 N–H and O–H groups in total. The van der Waals surface area contributed by atoms with Crippen LogP contribution in [0.3, 0.4) is 0 Å². The lowest BCUT2D eigenvalue weighted by atomic mass is 10.2. The molecule has 0 amide bonds. The largest absolute Gasteiger partial charge is 0.491 e. The van der Waals surface area contributed by atoms with Crippen molar-refractivity contribution in [3.05, 3.63) is 40.8 Å². The number of fused-ring (bicyclic) bond motifs is 1. The number of benzene rings is 1. The van der Waals surface area contributed by atoms with Gasteiger partial charge in [0.2, 0.25) is 5.95 Å². The SMILES string of the molecule is CC(C)Oc1ccc(Nc2nc3c(cnn3C3CCCC3)c(=O)[nH]2)cc1. The van der Waals surface area contributed by atoms with Gasteiger partial charge in [-0.2, -0.15) is 10.1 Å². The number of aromatic nitrogens is 4. The molecule has 4 rings (SSSR count). The van der Waals surface area contributed by atoms with Crippen molar-refractivity contribution in [3.63, 3.8) is 0 Å². The van der Waals surface area contributed by atoms with Crippen LogP contribution in [0.1, 0.15) is 45.6 Å². The van der Waals surface area contributed by atoms with E-state index in [0.29, 0.717) is 23.0 Å². The van der Waals surface area contributed by atoms with E-state index in [0.717, 1.165) is 24.3 Å². The fourth-order valence-electron chi connectivity index (χ4n) is 3.44. The normalized spacial score (nSPS) is 15.0. The molecular formula is C19H23N5O2. The number of ether oxygens (including phenoxy) is 1. The van der Waals surface area contributed by atoms with Gasteiger partial charge in [-0.25, -0.2) is 4.68 Å². The Kier molecular flexibility index (Phi) is 4.36. The minimum Gasteiger partial charge on any atom is -0.491 e. The smallest absolute Gasteiger partial charge is 0.263 e. The second-order valence-corrected chi connectivity index (χ2v) is 7.00. The van der Waals surface area contributed by atoms with Crippen molar-refractivity contribution in [2.24, 2.45) is 0 Å². The molecule has 0 radical (unpaired) electrons. The molecule has 1 fully saturated rings. The molecule has 0 saturated heterocycles. The van der Waals surface area contributed by atoms with Crippen molar-refractivity contribution in [3.8, 4) is 5.75 Å². The molecule has 0 atom stereocenters. The van der Waals surface area contributed by atoms with E-state index in [1.54, 1.807) is 6.20 Å². The summed E-state index contributed by atoms with van der Waals surface area (Å²) in [6, 6.07) is 7.91. The molecule has 2 heterocycles. The lowest BCUT2D eigenvalue weighted by Crippen LogP contribution is -2.13. The minimum absolute atomic E-state index is 0.130. The van der Waals surface area contributed by atoms with Crippen molar-refractivity contribution < 1.29 is 4.74 Å². The highest BCUT2D eigenvalue weighted by Gasteiger charge is 2.21. The molecule has 0 bridgehead atoms. The second kappa shape index (κ2) is 6.82. The number of nitrogens with one attached hydrogen (secondary N) is 2. The zero-order valence-corrected chi connectivity index (χ0v) is 15.0. The average Bonchev–Trinajstić information content (AvgIpc) is 3.25. The monoisotopic (exact) mass is 353 g/mol. The Bertz CT molecular complexity index is 952. The van der Waals surface area contributed by atoms with E-state index in [2.05, 4.69) is 20.4 Å². The topological polar surface area (TPSA) is 84.8 Å². The van der Waals surface area contributed by atoms with Gasteiger partial charge in [0, 0.05) is 5.69 Å². The zero-order chi connectivity index (χ0) is 18.1. The number of hydrogen-bond acceptors (Lipinski definition) is 5. The molecule has 1 aliphatic rings. The maximum absolute atomic E-state index is 12.4. The molecular weight excluding hydrogens is 330 g/mol. The summed E-state index contributed by atoms with van der Waals surface area (Å²) in [5.74, 6) is 1.22. The molecule has 7 heteroatoms. The molecule has 7 nitrogen and oxygen atoms in total. The Morgan fingerprint density at radius 3 is 2.65 bits per heavy atom. The highest BCUT2D eigenvalue weighted by atomic mass is 16.5. The van der Waals surface area contributed by atoms with Crippen molar-refractivity contribution in [2.75, 3.05) is 5.32 Å². The van der Waals surface area contributed by atoms with Gasteiger partial charge in [-0.1, -0.05) is 12.8 Å². The van der Waals surface area contributed by atoms with Gasteiger partial charge in [-0.15, -0.1) is 0 Å². The van der Waals surface area contributed by atoms with Crippen molar-refractivity contribution in [2.45, 2.75) is 51.7 Å². The number of aromatic amines is 1. The Balaban J connectivity index is 1.62. The van der Waals surface area contributed by atoms with Gasteiger partial charge in [0.05, 0.1) is 18.3 Å². The molecule has 1 aromatic carbocycles. The fourth-order valence-corrected chi connectivity index (χ4v) is 3.44. The quantitative estimate of drug-likeness (QED) is 0.729. The number of anilines is 2. The fraction of sp³-hybridized carbons (Fsp3) is 0.421. The minimum atomic E-state index is -0.179. The van der Waals surface area contributed by atoms with Gasteiger partial charge in [0.25, 0.3) is 5.56 Å². The maximum Gasteiger partial charge on any atom is 0.263 e. The number of H-pyrrole nitrogens is 1. The average molecular weight is 353 g/mol. The summed E-state index contributed by atoms with van der Waals surface area (Å²) in [6.07, 6.45) is 6.32. The maximum atomic E-state index is 12.4. The van der Waals surface area contributed by atoms with E-state index in [1.165, 1.54) is 12.8 Å². The molecule has 26 heavy (non-hydrogen) atoms. The third kappa shape index (κ3) is 3.29. The summed E-state index contributed by atoms with van der Waals surface area (Å²) in [5.41, 5.74) is 1.29. The third-order valence-corrected chi connectivity index (χ3v) is 4.62. The van der Waals surface area contributed by atoms with Crippen LogP contribution < -0.4 is 15.6 Å². The predicted octanol–water partition coefficient (Wildman–Crippen LogP) is 3.77. The van der Waals surface area contributed by atoms with Gasteiger partial charge >= 0.3 is 0 Å². The summed E-state index contributed by atoms with van der Waals surface area (Å²) in [7, 11) is 0. The molecule has 3 aromatic rings. The van der Waals surface area contributed by atoms with E-state index in [9.17, 15) is 4.79 Å². The Hall–Kier alpha value is -2.83. The Morgan fingerprint density at radius 2 is 1.96 bits per heavy atom. The van der Waals surface area contributed by atoms with Crippen LogP contribution >= 0.6 is 0 Å². The lowest BCUT2D eigenvalue weighted by molar-refractivity contribution is 0.242. The molecule has 0 unspecified atom stereocenters. The van der Waals surface area contributed by atoms with Crippen LogP contribution in [-0.2, 0) is 0 Å². The van der Waals surface area contributed by atoms with E-state index < -0.39 is 0 Å². The highest BCUT2D eigenvalue weighted by molar-refractivity contribution is 5.75.